The highest BCUT2D eigenvalue weighted by Crippen LogP contribution is 2.32. The summed E-state index contributed by atoms with van der Waals surface area (Å²) in [5.41, 5.74) is 4.71. The molecule has 1 aromatic heterocycles. The zero-order chi connectivity index (χ0) is 27.0. The zero-order valence-corrected chi connectivity index (χ0v) is 22.4. The number of carbonyl (C=O) groups is 2. The van der Waals surface area contributed by atoms with E-state index in [1.807, 2.05) is 38.4 Å². The summed E-state index contributed by atoms with van der Waals surface area (Å²) in [6.07, 6.45) is 0. The number of aromatic nitrogens is 1. The molecule has 9 heteroatoms. The van der Waals surface area contributed by atoms with Crippen molar-refractivity contribution in [2.75, 3.05) is 24.3 Å². The van der Waals surface area contributed by atoms with E-state index in [0.717, 1.165) is 29.6 Å². The van der Waals surface area contributed by atoms with E-state index in [1.54, 1.807) is 17.0 Å². The van der Waals surface area contributed by atoms with Crippen molar-refractivity contribution in [3.05, 3.63) is 117 Å². The lowest BCUT2D eigenvalue weighted by atomic mass is 10.1. The van der Waals surface area contributed by atoms with Crippen molar-refractivity contribution in [2.24, 2.45) is 0 Å². The van der Waals surface area contributed by atoms with Crippen LogP contribution in [0.5, 0.6) is 0 Å². The van der Waals surface area contributed by atoms with Gasteiger partial charge in [-0.1, -0.05) is 41.4 Å². The van der Waals surface area contributed by atoms with E-state index < -0.39 is 11.7 Å². The predicted octanol–water partition coefficient (Wildman–Crippen LogP) is 6.46. The number of rotatable bonds is 5. The Morgan fingerprint density at radius 2 is 1.71 bits per heavy atom. The number of nitrogens with one attached hydrogen (secondary N) is 1. The summed E-state index contributed by atoms with van der Waals surface area (Å²) in [4.78, 5) is 30.3. The molecule has 0 unspecified atom stereocenters. The average Bonchev–Trinajstić information content (AvgIpc) is 3.14. The summed E-state index contributed by atoms with van der Waals surface area (Å²) in [6.45, 7) is 1.83. The Morgan fingerprint density at radius 1 is 0.921 bits per heavy atom. The van der Waals surface area contributed by atoms with Gasteiger partial charge in [-0.3, -0.25) is 9.59 Å². The fourth-order valence-corrected chi connectivity index (χ4v) is 5.11. The molecule has 0 spiro atoms. The summed E-state index contributed by atoms with van der Waals surface area (Å²) in [6, 6.07) is 20.2. The number of benzene rings is 3. The zero-order valence-electron chi connectivity index (χ0n) is 20.8. The Labute approximate surface area is 230 Å². The van der Waals surface area contributed by atoms with Crippen LogP contribution >= 0.6 is 23.2 Å². The Balaban J connectivity index is 1.43. The van der Waals surface area contributed by atoms with Gasteiger partial charge in [0.1, 0.15) is 5.82 Å². The van der Waals surface area contributed by atoms with E-state index in [0.29, 0.717) is 24.3 Å². The molecule has 6 nitrogen and oxygen atoms in total. The van der Waals surface area contributed by atoms with E-state index in [4.69, 9.17) is 23.2 Å². The van der Waals surface area contributed by atoms with Gasteiger partial charge in [0, 0.05) is 35.9 Å². The molecule has 1 aliphatic heterocycles. The molecule has 3 aromatic carbocycles. The molecule has 4 aromatic rings. The number of amides is 2. The van der Waals surface area contributed by atoms with Crippen LogP contribution in [0, 0.1) is 5.82 Å². The number of hydrogen-bond acceptors (Lipinski definition) is 3. The van der Waals surface area contributed by atoms with Crippen molar-refractivity contribution < 1.29 is 14.0 Å². The fourth-order valence-electron chi connectivity index (χ4n) is 4.65. The first kappa shape index (κ1) is 26.0. The highest BCUT2D eigenvalue weighted by molar-refractivity contribution is 6.35. The Kier molecular flexibility index (Phi) is 7.25. The molecule has 0 aliphatic carbocycles. The molecular weight excluding hydrogens is 526 g/mol. The van der Waals surface area contributed by atoms with Crippen LogP contribution in [-0.2, 0) is 19.6 Å². The van der Waals surface area contributed by atoms with Gasteiger partial charge in [0.05, 0.1) is 27.7 Å². The first-order chi connectivity index (χ1) is 18.2. The molecule has 2 amide bonds. The minimum Gasteiger partial charge on any atom is -0.341 e. The quantitative estimate of drug-likeness (QED) is 0.310. The van der Waals surface area contributed by atoms with Crippen LogP contribution in [-0.4, -0.2) is 35.4 Å². The van der Waals surface area contributed by atoms with Gasteiger partial charge < -0.3 is 19.7 Å². The fraction of sp³-hybridized carbons (Fsp3) is 0.172. The van der Waals surface area contributed by atoms with Gasteiger partial charge in [-0.15, -0.1) is 0 Å². The predicted molar refractivity (Wildman–Crippen MR) is 149 cm³/mol. The lowest BCUT2D eigenvalue weighted by molar-refractivity contribution is 0.0984. The van der Waals surface area contributed by atoms with Crippen molar-refractivity contribution in [1.82, 2.24) is 9.47 Å². The van der Waals surface area contributed by atoms with Gasteiger partial charge in [0.25, 0.3) is 11.8 Å². The molecular formula is C29H25Cl2FN4O2. The SMILES string of the molecule is CN(C)Cc1ccc2n1Cc1ccccc1N(C(=O)c1ccc(NC(=O)c3cc(F)ccc3Cl)cc1Cl)C2. The molecule has 0 fully saturated rings. The molecule has 0 bridgehead atoms. The van der Waals surface area contributed by atoms with Crippen LogP contribution in [0.2, 0.25) is 10.0 Å². The number of hydrogen-bond donors (Lipinski definition) is 1. The lowest BCUT2D eigenvalue weighted by Gasteiger charge is -2.23. The van der Waals surface area contributed by atoms with Gasteiger partial charge >= 0.3 is 0 Å². The van der Waals surface area contributed by atoms with Gasteiger partial charge in [-0.2, -0.15) is 0 Å². The van der Waals surface area contributed by atoms with Crippen LogP contribution in [0.3, 0.4) is 0 Å². The van der Waals surface area contributed by atoms with E-state index in [2.05, 4.69) is 26.9 Å². The molecule has 194 valence electrons. The summed E-state index contributed by atoms with van der Waals surface area (Å²) in [5, 5.41) is 2.97. The maximum atomic E-state index is 13.8. The van der Waals surface area contributed by atoms with Crippen molar-refractivity contribution in [2.45, 2.75) is 19.6 Å². The normalized spacial score (nSPS) is 12.6. The van der Waals surface area contributed by atoms with Gasteiger partial charge in [-0.25, -0.2) is 4.39 Å². The molecule has 0 saturated heterocycles. The largest absolute Gasteiger partial charge is 0.341 e. The maximum absolute atomic E-state index is 13.8. The summed E-state index contributed by atoms with van der Waals surface area (Å²) < 4.78 is 15.9. The number of para-hydroxylation sites is 1. The highest BCUT2D eigenvalue weighted by Gasteiger charge is 2.27. The molecule has 2 heterocycles. The second-order valence-electron chi connectivity index (χ2n) is 9.43. The van der Waals surface area contributed by atoms with E-state index in [9.17, 15) is 14.0 Å². The molecule has 1 aliphatic rings. The third kappa shape index (κ3) is 5.18. The summed E-state index contributed by atoms with van der Waals surface area (Å²) in [5.74, 6) is -1.41. The number of nitrogens with zero attached hydrogens (tertiary/aromatic N) is 3. The third-order valence-corrected chi connectivity index (χ3v) is 7.09. The Bertz CT molecular complexity index is 1550. The molecule has 38 heavy (non-hydrogen) atoms. The van der Waals surface area contributed by atoms with Crippen molar-refractivity contribution >= 4 is 46.4 Å². The molecule has 1 N–H and O–H groups in total. The minimum absolute atomic E-state index is 0.000698. The number of anilines is 2. The number of carbonyl (C=O) groups excluding carboxylic acids is 2. The van der Waals surface area contributed by atoms with Crippen LogP contribution in [0.4, 0.5) is 15.8 Å². The second-order valence-corrected chi connectivity index (χ2v) is 10.2. The molecule has 0 saturated carbocycles. The number of fused-ring (bicyclic) bond motifs is 2. The smallest absolute Gasteiger partial charge is 0.260 e. The van der Waals surface area contributed by atoms with Crippen molar-refractivity contribution in [3.63, 3.8) is 0 Å². The van der Waals surface area contributed by atoms with Crippen molar-refractivity contribution in [3.8, 4) is 0 Å². The maximum Gasteiger partial charge on any atom is 0.260 e. The van der Waals surface area contributed by atoms with Crippen LogP contribution in [0.15, 0.2) is 72.8 Å². The standard InChI is InChI=1S/C29H25Cl2FN4O2/c1-34(2)16-21-9-10-22-17-36(27-6-4-3-5-18(27)15-35(21)22)29(38)23-11-8-20(14-26(23)31)33-28(37)24-13-19(32)7-12-25(24)30/h3-14H,15-17H2,1-2H3,(H,33,37). The van der Waals surface area contributed by atoms with E-state index in [-0.39, 0.29) is 21.5 Å². The lowest BCUT2D eigenvalue weighted by Crippen LogP contribution is -2.31. The first-order valence-corrected chi connectivity index (χ1v) is 12.7. The van der Waals surface area contributed by atoms with Crippen molar-refractivity contribution in [1.29, 1.82) is 0 Å². The van der Waals surface area contributed by atoms with E-state index in [1.165, 1.54) is 23.9 Å². The molecule has 0 radical (unpaired) electrons. The minimum atomic E-state index is -0.583. The van der Waals surface area contributed by atoms with E-state index >= 15 is 0 Å². The Hall–Kier alpha value is -3.65. The van der Waals surface area contributed by atoms with Gasteiger partial charge in [0.15, 0.2) is 0 Å². The number of halogens is 3. The monoisotopic (exact) mass is 550 g/mol. The first-order valence-electron chi connectivity index (χ1n) is 12.0. The Morgan fingerprint density at radius 3 is 2.47 bits per heavy atom. The molecule has 0 atom stereocenters. The topological polar surface area (TPSA) is 57.6 Å². The van der Waals surface area contributed by atoms with Gasteiger partial charge in [0.2, 0.25) is 0 Å². The average molecular weight is 551 g/mol. The summed E-state index contributed by atoms with van der Waals surface area (Å²) >= 11 is 12.6. The highest BCUT2D eigenvalue weighted by atomic mass is 35.5. The van der Waals surface area contributed by atoms with Crippen LogP contribution in [0.1, 0.15) is 37.7 Å². The van der Waals surface area contributed by atoms with Crippen LogP contribution < -0.4 is 10.2 Å². The van der Waals surface area contributed by atoms with Gasteiger partial charge in [-0.05, 0) is 74.3 Å². The molecule has 5 rings (SSSR count). The summed E-state index contributed by atoms with van der Waals surface area (Å²) in [7, 11) is 4.06. The third-order valence-electron chi connectivity index (χ3n) is 6.45. The second kappa shape index (κ2) is 10.6. The van der Waals surface area contributed by atoms with Crippen LogP contribution in [0.25, 0.3) is 0 Å².